The number of aryl methyl sites for hydroxylation is 1. The van der Waals surface area contributed by atoms with Crippen LogP contribution >= 0.6 is 0 Å². The molecule has 1 saturated carbocycles. The molecule has 0 spiro atoms. The van der Waals surface area contributed by atoms with Crippen molar-refractivity contribution in [1.29, 1.82) is 0 Å². The largest absolute Gasteiger partial charge is 0.496 e. The van der Waals surface area contributed by atoms with Crippen LogP contribution in [0.3, 0.4) is 0 Å². The van der Waals surface area contributed by atoms with E-state index in [9.17, 15) is 4.79 Å². The number of benzene rings is 1. The summed E-state index contributed by atoms with van der Waals surface area (Å²) >= 11 is 0. The average Bonchev–Trinajstić information content (AvgIpc) is 3.22. The monoisotopic (exact) mass is 276 g/mol. The highest BCUT2D eigenvalue weighted by Gasteiger charge is 2.22. The van der Waals surface area contributed by atoms with E-state index in [0.717, 1.165) is 24.2 Å². The molecule has 0 bridgehead atoms. The van der Waals surface area contributed by atoms with E-state index in [4.69, 9.17) is 4.74 Å². The van der Waals surface area contributed by atoms with Gasteiger partial charge in [0.2, 0.25) is 5.91 Å². The van der Waals surface area contributed by atoms with Gasteiger partial charge in [-0.15, -0.1) is 0 Å². The van der Waals surface area contributed by atoms with Gasteiger partial charge in [-0.3, -0.25) is 4.79 Å². The van der Waals surface area contributed by atoms with Crippen LogP contribution in [0.1, 0.15) is 43.4 Å². The Bertz CT molecular complexity index is 470. The SMILES string of the molecule is COc1ccc(C)cc1C(C)NCCC(=O)NC1CC1. The van der Waals surface area contributed by atoms with E-state index in [1.807, 2.05) is 12.1 Å². The van der Waals surface area contributed by atoms with E-state index in [2.05, 4.69) is 30.5 Å². The molecule has 1 aliphatic carbocycles. The molecule has 1 atom stereocenters. The van der Waals surface area contributed by atoms with Crippen molar-refractivity contribution in [3.8, 4) is 5.75 Å². The van der Waals surface area contributed by atoms with Crippen molar-refractivity contribution in [3.05, 3.63) is 29.3 Å². The second kappa shape index (κ2) is 6.75. The number of hydrogen-bond acceptors (Lipinski definition) is 3. The Kier molecular flexibility index (Phi) is 5.01. The summed E-state index contributed by atoms with van der Waals surface area (Å²) in [6, 6.07) is 6.76. The smallest absolute Gasteiger partial charge is 0.221 e. The zero-order valence-electron chi connectivity index (χ0n) is 12.5. The summed E-state index contributed by atoms with van der Waals surface area (Å²) in [5.41, 5.74) is 2.34. The van der Waals surface area contributed by atoms with Crippen LogP contribution in [-0.4, -0.2) is 25.6 Å². The maximum atomic E-state index is 11.6. The lowest BCUT2D eigenvalue weighted by atomic mass is 10.0. The van der Waals surface area contributed by atoms with E-state index in [1.165, 1.54) is 5.56 Å². The third-order valence-corrected chi connectivity index (χ3v) is 3.60. The summed E-state index contributed by atoms with van der Waals surface area (Å²) in [4.78, 5) is 11.6. The van der Waals surface area contributed by atoms with Gasteiger partial charge in [0, 0.05) is 30.6 Å². The van der Waals surface area contributed by atoms with Crippen LogP contribution in [0.2, 0.25) is 0 Å². The highest BCUT2D eigenvalue weighted by molar-refractivity contribution is 5.76. The molecule has 110 valence electrons. The number of rotatable bonds is 7. The molecule has 0 radical (unpaired) electrons. The van der Waals surface area contributed by atoms with E-state index in [1.54, 1.807) is 7.11 Å². The number of amides is 1. The molecule has 1 fully saturated rings. The summed E-state index contributed by atoms with van der Waals surface area (Å²) in [6.45, 7) is 4.84. The lowest BCUT2D eigenvalue weighted by Crippen LogP contribution is -2.30. The molecule has 2 N–H and O–H groups in total. The first-order valence-corrected chi connectivity index (χ1v) is 7.27. The quantitative estimate of drug-likeness (QED) is 0.803. The first kappa shape index (κ1) is 14.9. The van der Waals surface area contributed by atoms with Gasteiger partial charge in [0.15, 0.2) is 0 Å². The van der Waals surface area contributed by atoms with Crippen LogP contribution < -0.4 is 15.4 Å². The number of carbonyl (C=O) groups is 1. The molecule has 0 saturated heterocycles. The first-order chi connectivity index (χ1) is 9.60. The minimum Gasteiger partial charge on any atom is -0.496 e. The van der Waals surface area contributed by atoms with Crippen molar-refractivity contribution in [3.63, 3.8) is 0 Å². The molecule has 2 rings (SSSR count). The fourth-order valence-corrected chi connectivity index (χ4v) is 2.23. The third-order valence-electron chi connectivity index (χ3n) is 3.60. The molecule has 1 unspecified atom stereocenters. The Morgan fingerprint density at radius 1 is 1.45 bits per heavy atom. The normalized spacial score (nSPS) is 15.8. The Labute approximate surface area is 120 Å². The zero-order valence-corrected chi connectivity index (χ0v) is 12.5. The van der Waals surface area contributed by atoms with Gasteiger partial charge in [-0.2, -0.15) is 0 Å². The van der Waals surface area contributed by atoms with Crippen LogP contribution in [0.4, 0.5) is 0 Å². The molecule has 1 amide bonds. The topological polar surface area (TPSA) is 50.4 Å². The highest BCUT2D eigenvalue weighted by atomic mass is 16.5. The van der Waals surface area contributed by atoms with Crippen LogP contribution in [-0.2, 0) is 4.79 Å². The van der Waals surface area contributed by atoms with Crippen LogP contribution in [0.25, 0.3) is 0 Å². The predicted molar refractivity (Wildman–Crippen MR) is 79.9 cm³/mol. The molecular weight excluding hydrogens is 252 g/mol. The molecule has 1 aromatic rings. The third kappa shape index (κ3) is 4.23. The lowest BCUT2D eigenvalue weighted by Gasteiger charge is -2.18. The minimum atomic E-state index is 0.142. The fraction of sp³-hybridized carbons (Fsp3) is 0.562. The standard InChI is InChI=1S/C16H24N2O2/c1-11-4-7-15(20-3)14(10-11)12(2)17-9-8-16(19)18-13-5-6-13/h4,7,10,12-13,17H,5-6,8-9H2,1-3H3,(H,18,19). The average molecular weight is 276 g/mol. The Balaban J connectivity index is 1.82. The second-order valence-electron chi connectivity index (χ2n) is 5.51. The molecule has 1 aliphatic rings. The lowest BCUT2D eigenvalue weighted by molar-refractivity contribution is -0.121. The summed E-state index contributed by atoms with van der Waals surface area (Å²) < 4.78 is 5.39. The van der Waals surface area contributed by atoms with Gasteiger partial charge >= 0.3 is 0 Å². The molecule has 0 aromatic heterocycles. The Morgan fingerprint density at radius 3 is 2.85 bits per heavy atom. The molecular formula is C16H24N2O2. The van der Waals surface area contributed by atoms with Crippen molar-refractivity contribution in [2.24, 2.45) is 0 Å². The number of carbonyl (C=O) groups excluding carboxylic acids is 1. The van der Waals surface area contributed by atoms with Gasteiger partial charge in [-0.1, -0.05) is 17.7 Å². The van der Waals surface area contributed by atoms with Gasteiger partial charge in [0.1, 0.15) is 5.75 Å². The van der Waals surface area contributed by atoms with Gasteiger partial charge in [-0.25, -0.2) is 0 Å². The van der Waals surface area contributed by atoms with E-state index in [0.29, 0.717) is 19.0 Å². The number of nitrogens with one attached hydrogen (secondary N) is 2. The van der Waals surface area contributed by atoms with E-state index < -0.39 is 0 Å². The molecule has 4 heteroatoms. The zero-order chi connectivity index (χ0) is 14.5. The fourth-order valence-electron chi connectivity index (χ4n) is 2.23. The minimum absolute atomic E-state index is 0.142. The van der Waals surface area contributed by atoms with Gasteiger partial charge < -0.3 is 15.4 Å². The highest BCUT2D eigenvalue weighted by Crippen LogP contribution is 2.26. The summed E-state index contributed by atoms with van der Waals surface area (Å²) in [5.74, 6) is 1.03. The first-order valence-electron chi connectivity index (χ1n) is 7.27. The Hall–Kier alpha value is -1.55. The van der Waals surface area contributed by atoms with E-state index in [-0.39, 0.29) is 11.9 Å². The molecule has 20 heavy (non-hydrogen) atoms. The van der Waals surface area contributed by atoms with Crippen molar-refractivity contribution in [2.75, 3.05) is 13.7 Å². The number of ether oxygens (including phenoxy) is 1. The van der Waals surface area contributed by atoms with E-state index >= 15 is 0 Å². The maximum Gasteiger partial charge on any atom is 0.221 e. The van der Waals surface area contributed by atoms with Gasteiger partial charge in [0.05, 0.1) is 7.11 Å². The second-order valence-corrected chi connectivity index (χ2v) is 5.51. The van der Waals surface area contributed by atoms with Crippen LogP contribution in [0.15, 0.2) is 18.2 Å². The predicted octanol–water partition coefficient (Wildman–Crippen LogP) is 2.32. The van der Waals surface area contributed by atoms with Crippen molar-refractivity contribution in [1.82, 2.24) is 10.6 Å². The maximum absolute atomic E-state index is 11.6. The number of hydrogen-bond donors (Lipinski definition) is 2. The summed E-state index contributed by atoms with van der Waals surface area (Å²) in [6.07, 6.45) is 2.79. The van der Waals surface area contributed by atoms with Crippen molar-refractivity contribution >= 4 is 5.91 Å². The van der Waals surface area contributed by atoms with Gasteiger partial charge in [0.25, 0.3) is 0 Å². The van der Waals surface area contributed by atoms with Crippen LogP contribution in [0, 0.1) is 6.92 Å². The summed E-state index contributed by atoms with van der Waals surface area (Å²) in [7, 11) is 1.68. The molecule has 4 nitrogen and oxygen atoms in total. The van der Waals surface area contributed by atoms with Crippen LogP contribution in [0.5, 0.6) is 5.75 Å². The Morgan fingerprint density at radius 2 is 2.20 bits per heavy atom. The van der Waals surface area contributed by atoms with Gasteiger partial charge in [-0.05, 0) is 32.8 Å². The number of methoxy groups -OCH3 is 1. The van der Waals surface area contributed by atoms with Crippen molar-refractivity contribution < 1.29 is 9.53 Å². The molecule has 0 aliphatic heterocycles. The summed E-state index contributed by atoms with van der Waals surface area (Å²) in [5, 5.41) is 6.38. The molecule has 0 heterocycles. The van der Waals surface area contributed by atoms with Crippen molar-refractivity contribution in [2.45, 2.75) is 45.2 Å². The molecule has 1 aromatic carbocycles.